The molecule has 5 nitrogen and oxygen atoms in total. The lowest BCUT2D eigenvalue weighted by Gasteiger charge is -2.17. The molecule has 0 aromatic heterocycles. The molecule has 0 saturated carbocycles. The van der Waals surface area contributed by atoms with E-state index in [9.17, 15) is 9.90 Å². The van der Waals surface area contributed by atoms with E-state index in [1.807, 2.05) is 49.4 Å². The average Bonchev–Trinajstić information content (AvgIpc) is 2.61. The average molecular weight is 328 g/mol. The molecule has 0 bridgehead atoms. The molecule has 1 amide bonds. The zero-order valence-electron chi connectivity index (χ0n) is 14.0. The van der Waals surface area contributed by atoms with E-state index in [2.05, 4.69) is 10.6 Å². The number of nitrogens with one attached hydrogen (secondary N) is 2. The maximum absolute atomic E-state index is 11.9. The van der Waals surface area contributed by atoms with Crippen molar-refractivity contribution in [1.82, 2.24) is 5.32 Å². The van der Waals surface area contributed by atoms with Crippen LogP contribution in [0.3, 0.4) is 0 Å². The predicted octanol–water partition coefficient (Wildman–Crippen LogP) is 2.22. The molecule has 2 aromatic carbocycles. The Morgan fingerprint density at radius 3 is 2.42 bits per heavy atom. The number of ether oxygens (including phenoxy) is 1. The number of hydrogen-bond donors (Lipinski definition) is 3. The lowest BCUT2D eigenvalue weighted by molar-refractivity contribution is -0.123. The van der Waals surface area contributed by atoms with Gasteiger partial charge in [0.2, 0.25) is 0 Å². The van der Waals surface area contributed by atoms with E-state index < -0.39 is 12.0 Å². The number of aliphatic hydroxyl groups is 1. The molecule has 2 unspecified atom stereocenters. The molecule has 2 rings (SSSR count). The van der Waals surface area contributed by atoms with Crippen LogP contribution in [-0.4, -0.2) is 36.8 Å². The van der Waals surface area contributed by atoms with Crippen molar-refractivity contribution in [2.24, 2.45) is 0 Å². The van der Waals surface area contributed by atoms with E-state index in [1.54, 1.807) is 19.2 Å². The first-order chi connectivity index (χ1) is 11.6. The summed E-state index contributed by atoms with van der Waals surface area (Å²) in [4.78, 5) is 11.9. The normalized spacial score (nSPS) is 13.1. The summed E-state index contributed by atoms with van der Waals surface area (Å²) in [5.74, 6) is 0.415. The maximum atomic E-state index is 11.9. The van der Waals surface area contributed by atoms with Crippen LogP contribution in [0.5, 0.6) is 5.75 Å². The minimum absolute atomic E-state index is 0.137. The minimum atomic E-state index is -1.09. The lowest BCUT2D eigenvalue weighted by atomic mass is 10.1. The third-order valence-corrected chi connectivity index (χ3v) is 3.70. The van der Waals surface area contributed by atoms with Crippen molar-refractivity contribution in [1.29, 1.82) is 0 Å². The van der Waals surface area contributed by atoms with Crippen molar-refractivity contribution in [3.05, 3.63) is 60.2 Å². The van der Waals surface area contributed by atoms with Gasteiger partial charge < -0.3 is 20.5 Å². The molecule has 0 radical (unpaired) electrons. The number of benzene rings is 2. The van der Waals surface area contributed by atoms with Crippen LogP contribution < -0.4 is 15.4 Å². The summed E-state index contributed by atoms with van der Waals surface area (Å²) in [5.41, 5.74) is 1.84. The molecule has 0 heterocycles. The summed E-state index contributed by atoms with van der Waals surface area (Å²) in [7, 11) is 1.64. The highest BCUT2D eigenvalue weighted by Crippen LogP contribution is 2.12. The molecule has 0 aliphatic heterocycles. The Bertz CT molecular complexity index is 629. The van der Waals surface area contributed by atoms with Crippen LogP contribution in [0, 0.1) is 0 Å². The number of carbonyl (C=O) groups excluding carboxylic acids is 1. The quantitative estimate of drug-likeness (QED) is 0.695. The van der Waals surface area contributed by atoms with Crippen molar-refractivity contribution >= 4 is 11.6 Å². The molecule has 2 aromatic rings. The Morgan fingerprint density at radius 2 is 1.79 bits per heavy atom. The Balaban J connectivity index is 1.75. The molecular formula is C19H24N2O3. The fraction of sp³-hybridized carbons (Fsp3) is 0.316. The topological polar surface area (TPSA) is 70.6 Å². The van der Waals surface area contributed by atoms with Crippen molar-refractivity contribution < 1.29 is 14.6 Å². The largest absolute Gasteiger partial charge is 0.497 e. The van der Waals surface area contributed by atoms with Crippen molar-refractivity contribution in [3.8, 4) is 5.75 Å². The maximum Gasteiger partial charge on any atom is 0.254 e. The van der Waals surface area contributed by atoms with Gasteiger partial charge in [0.25, 0.3) is 5.91 Å². The molecular weight excluding hydrogens is 304 g/mol. The molecule has 0 aliphatic carbocycles. The van der Waals surface area contributed by atoms with Gasteiger partial charge in [-0.3, -0.25) is 4.79 Å². The number of amides is 1. The molecule has 24 heavy (non-hydrogen) atoms. The zero-order valence-corrected chi connectivity index (χ0v) is 14.0. The van der Waals surface area contributed by atoms with E-state index in [-0.39, 0.29) is 12.6 Å². The van der Waals surface area contributed by atoms with Gasteiger partial charge in [-0.1, -0.05) is 30.3 Å². The van der Waals surface area contributed by atoms with Crippen LogP contribution in [0.4, 0.5) is 5.69 Å². The van der Waals surface area contributed by atoms with Crippen LogP contribution in [-0.2, 0) is 11.2 Å². The van der Waals surface area contributed by atoms with Gasteiger partial charge in [-0.2, -0.15) is 0 Å². The first kappa shape index (κ1) is 18.0. The zero-order chi connectivity index (χ0) is 17.4. The summed E-state index contributed by atoms with van der Waals surface area (Å²) in [5, 5.41) is 15.8. The number of para-hydroxylation sites is 1. The lowest BCUT2D eigenvalue weighted by Crippen LogP contribution is -2.41. The Hall–Kier alpha value is -2.37. The van der Waals surface area contributed by atoms with Gasteiger partial charge >= 0.3 is 0 Å². The predicted molar refractivity (Wildman–Crippen MR) is 95.2 cm³/mol. The van der Waals surface area contributed by atoms with Crippen molar-refractivity contribution in [2.75, 3.05) is 19.0 Å². The van der Waals surface area contributed by atoms with Gasteiger partial charge in [-0.25, -0.2) is 0 Å². The second-order valence-electron chi connectivity index (χ2n) is 5.73. The van der Waals surface area contributed by atoms with Crippen molar-refractivity contribution in [2.45, 2.75) is 25.5 Å². The second kappa shape index (κ2) is 9.05. The van der Waals surface area contributed by atoms with Gasteiger partial charge in [-0.05, 0) is 43.2 Å². The Labute approximate surface area is 142 Å². The molecule has 0 saturated heterocycles. The Morgan fingerprint density at radius 1 is 1.12 bits per heavy atom. The first-order valence-electron chi connectivity index (χ1n) is 7.99. The van der Waals surface area contributed by atoms with E-state index in [0.717, 1.165) is 12.2 Å². The molecule has 0 fully saturated rings. The minimum Gasteiger partial charge on any atom is -0.497 e. The summed E-state index contributed by atoms with van der Waals surface area (Å²) in [6.45, 7) is 2.22. The second-order valence-corrected chi connectivity index (χ2v) is 5.73. The fourth-order valence-corrected chi connectivity index (χ4v) is 2.34. The molecule has 3 N–H and O–H groups in total. The van der Waals surface area contributed by atoms with Gasteiger partial charge in [-0.15, -0.1) is 0 Å². The number of anilines is 1. The monoisotopic (exact) mass is 328 g/mol. The summed E-state index contributed by atoms with van der Waals surface area (Å²) >= 11 is 0. The highest BCUT2D eigenvalue weighted by atomic mass is 16.5. The highest BCUT2D eigenvalue weighted by molar-refractivity contribution is 5.94. The van der Waals surface area contributed by atoms with Crippen molar-refractivity contribution in [3.63, 3.8) is 0 Å². The summed E-state index contributed by atoms with van der Waals surface area (Å²) in [6.07, 6.45) is -0.291. The van der Waals surface area contributed by atoms with Gasteiger partial charge in [0.05, 0.1) is 7.11 Å². The van der Waals surface area contributed by atoms with Crippen LogP contribution >= 0.6 is 0 Å². The third kappa shape index (κ3) is 5.68. The van der Waals surface area contributed by atoms with Crippen LogP contribution in [0.25, 0.3) is 0 Å². The highest BCUT2D eigenvalue weighted by Gasteiger charge is 2.16. The number of hydrogen-bond acceptors (Lipinski definition) is 4. The third-order valence-electron chi connectivity index (χ3n) is 3.70. The van der Waals surface area contributed by atoms with Gasteiger partial charge in [0, 0.05) is 18.3 Å². The standard InChI is InChI=1S/C19H24N2O3/c1-14(12-15-8-10-17(24-2)11-9-15)20-13-18(22)19(23)21-16-6-4-3-5-7-16/h3-11,14,18,20,22H,12-13H2,1-2H3,(H,21,23). The van der Waals surface area contributed by atoms with E-state index >= 15 is 0 Å². The van der Waals surface area contributed by atoms with Crippen LogP contribution in [0.2, 0.25) is 0 Å². The number of methoxy groups -OCH3 is 1. The fourth-order valence-electron chi connectivity index (χ4n) is 2.34. The number of rotatable bonds is 8. The van der Waals surface area contributed by atoms with E-state index in [0.29, 0.717) is 5.69 Å². The van der Waals surface area contributed by atoms with E-state index in [4.69, 9.17) is 4.74 Å². The molecule has 5 heteroatoms. The first-order valence-corrected chi connectivity index (χ1v) is 7.99. The SMILES string of the molecule is COc1ccc(CC(C)NCC(O)C(=O)Nc2ccccc2)cc1. The molecule has 128 valence electrons. The van der Waals surface area contributed by atoms with Crippen LogP contribution in [0.1, 0.15) is 12.5 Å². The van der Waals surface area contributed by atoms with Gasteiger partial charge in [0.1, 0.15) is 11.9 Å². The van der Waals surface area contributed by atoms with Gasteiger partial charge in [0.15, 0.2) is 0 Å². The molecule has 0 spiro atoms. The molecule has 0 aliphatic rings. The Kier molecular flexibility index (Phi) is 6.78. The van der Waals surface area contributed by atoms with E-state index in [1.165, 1.54) is 5.56 Å². The molecule has 2 atom stereocenters. The number of carbonyl (C=O) groups is 1. The summed E-state index contributed by atoms with van der Waals surface area (Å²) < 4.78 is 5.14. The summed E-state index contributed by atoms with van der Waals surface area (Å²) in [6, 6.07) is 17.1. The van der Waals surface area contributed by atoms with Crippen LogP contribution in [0.15, 0.2) is 54.6 Å². The smallest absolute Gasteiger partial charge is 0.254 e. The number of aliphatic hydroxyl groups excluding tert-OH is 1.